The Labute approximate surface area is 70.8 Å². The van der Waals surface area contributed by atoms with E-state index in [1.54, 1.807) is 6.92 Å². The normalized spacial score (nSPS) is 51.7. The number of nitrogens with zero attached hydrogens (tertiary/aromatic N) is 1. The number of rotatable bonds is 0. The van der Waals surface area contributed by atoms with E-state index in [-0.39, 0.29) is 12.0 Å². The second kappa shape index (κ2) is 2.20. The molecule has 12 heavy (non-hydrogen) atoms. The molecule has 0 unspecified atom stereocenters. The molecular formula is C8H13NO3. The van der Waals surface area contributed by atoms with Gasteiger partial charge in [0, 0.05) is 6.42 Å². The van der Waals surface area contributed by atoms with Gasteiger partial charge in [-0.25, -0.2) is 0 Å². The van der Waals surface area contributed by atoms with Gasteiger partial charge in [-0.1, -0.05) is 5.16 Å². The molecule has 1 aliphatic carbocycles. The summed E-state index contributed by atoms with van der Waals surface area (Å²) in [5.41, 5.74) is -0.156. The molecule has 1 heterocycles. The largest absolute Gasteiger partial charge is 0.392 e. The Bertz CT molecular complexity index is 236. The molecule has 2 N–H and O–H groups in total. The standard InChI is InChI=1S/C8H13NO3/c1-4-6-5(10)3-8(2,11)7(6)12-9-4/h5-7,10-11H,3H2,1-2H3/t5-,6-,7-,8+/m0/s1. The van der Waals surface area contributed by atoms with Crippen LogP contribution in [0.25, 0.3) is 0 Å². The van der Waals surface area contributed by atoms with Crippen LogP contribution in [0.15, 0.2) is 5.16 Å². The molecule has 1 fully saturated rings. The molecule has 0 aromatic heterocycles. The minimum absolute atomic E-state index is 0.111. The molecule has 0 spiro atoms. The maximum absolute atomic E-state index is 9.79. The molecule has 4 heteroatoms. The van der Waals surface area contributed by atoms with E-state index in [0.717, 1.165) is 5.71 Å². The van der Waals surface area contributed by atoms with E-state index in [1.807, 2.05) is 6.92 Å². The van der Waals surface area contributed by atoms with Gasteiger partial charge < -0.3 is 15.1 Å². The highest BCUT2D eigenvalue weighted by Crippen LogP contribution is 2.41. The second-order valence-electron chi connectivity index (χ2n) is 3.91. The lowest BCUT2D eigenvalue weighted by atomic mass is 9.96. The van der Waals surface area contributed by atoms with E-state index in [0.29, 0.717) is 6.42 Å². The van der Waals surface area contributed by atoms with Gasteiger partial charge in [0.05, 0.1) is 17.7 Å². The van der Waals surface area contributed by atoms with Crippen molar-refractivity contribution in [2.75, 3.05) is 0 Å². The zero-order valence-corrected chi connectivity index (χ0v) is 7.19. The van der Waals surface area contributed by atoms with Gasteiger partial charge >= 0.3 is 0 Å². The summed E-state index contributed by atoms with van der Waals surface area (Å²) in [6, 6.07) is 0. The first-order valence-corrected chi connectivity index (χ1v) is 4.13. The summed E-state index contributed by atoms with van der Waals surface area (Å²) in [5, 5.41) is 23.1. The Morgan fingerprint density at radius 2 is 2.33 bits per heavy atom. The fourth-order valence-electron chi connectivity index (χ4n) is 2.13. The molecule has 0 aromatic carbocycles. The highest BCUT2D eigenvalue weighted by molar-refractivity contribution is 5.86. The predicted molar refractivity (Wildman–Crippen MR) is 42.7 cm³/mol. The SMILES string of the molecule is CC1=NO[C@H]2[C@@H]1[C@@H](O)C[C@@]2(C)O. The van der Waals surface area contributed by atoms with Gasteiger partial charge in [0.1, 0.15) is 5.60 Å². The summed E-state index contributed by atoms with van der Waals surface area (Å²) >= 11 is 0. The van der Waals surface area contributed by atoms with Crippen LogP contribution in [-0.4, -0.2) is 33.7 Å². The van der Waals surface area contributed by atoms with E-state index >= 15 is 0 Å². The van der Waals surface area contributed by atoms with Crippen LogP contribution in [0.5, 0.6) is 0 Å². The number of oxime groups is 1. The van der Waals surface area contributed by atoms with Crippen LogP contribution in [0.1, 0.15) is 20.3 Å². The first-order chi connectivity index (χ1) is 5.52. The van der Waals surface area contributed by atoms with Crippen LogP contribution in [0.4, 0.5) is 0 Å². The molecule has 0 saturated heterocycles. The predicted octanol–water partition coefficient (Wildman–Crippen LogP) is -0.107. The highest BCUT2D eigenvalue weighted by atomic mass is 16.7. The fourth-order valence-corrected chi connectivity index (χ4v) is 2.13. The topological polar surface area (TPSA) is 62.0 Å². The monoisotopic (exact) mass is 171 g/mol. The van der Waals surface area contributed by atoms with Crippen LogP contribution in [0.3, 0.4) is 0 Å². The van der Waals surface area contributed by atoms with Gasteiger partial charge in [-0.2, -0.15) is 0 Å². The number of aliphatic hydroxyl groups is 2. The molecule has 2 aliphatic rings. The van der Waals surface area contributed by atoms with Crippen molar-refractivity contribution in [3.05, 3.63) is 0 Å². The van der Waals surface area contributed by atoms with Gasteiger partial charge in [0.15, 0.2) is 6.10 Å². The van der Waals surface area contributed by atoms with Crippen LogP contribution in [-0.2, 0) is 4.84 Å². The summed E-state index contributed by atoms with van der Waals surface area (Å²) in [6.45, 7) is 3.49. The zero-order chi connectivity index (χ0) is 8.93. The summed E-state index contributed by atoms with van der Waals surface area (Å²) in [6.07, 6.45) is -0.501. The molecule has 1 saturated carbocycles. The Kier molecular flexibility index (Phi) is 1.47. The van der Waals surface area contributed by atoms with Crippen molar-refractivity contribution in [3.63, 3.8) is 0 Å². The quantitative estimate of drug-likeness (QED) is 0.534. The van der Waals surface area contributed by atoms with Crippen molar-refractivity contribution < 1.29 is 15.1 Å². The van der Waals surface area contributed by atoms with Crippen LogP contribution in [0, 0.1) is 5.92 Å². The van der Waals surface area contributed by atoms with Gasteiger partial charge in [0.2, 0.25) is 0 Å². The Hall–Kier alpha value is -0.610. The van der Waals surface area contributed by atoms with Gasteiger partial charge in [-0.15, -0.1) is 0 Å². The maximum Gasteiger partial charge on any atom is 0.166 e. The summed E-state index contributed by atoms with van der Waals surface area (Å²) in [5.74, 6) is -0.111. The third-order valence-electron chi connectivity index (χ3n) is 2.77. The molecule has 1 aliphatic heterocycles. The summed E-state index contributed by atoms with van der Waals surface area (Å²) in [7, 11) is 0. The molecule has 0 amide bonds. The minimum Gasteiger partial charge on any atom is -0.392 e. The first-order valence-electron chi connectivity index (χ1n) is 4.13. The molecule has 4 nitrogen and oxygen atoms in total. The van der Waals surface area contributed by atoms with Gasteiger partial charge in [0.25, 0.3) is 0 Å². The van der Waals surface area contributed by atoms with Crippen LogP contribution in [0.2, 0.25) is 0 Å². The molecule has 2 rings (SSSR count). The van der Waals surface area contributed by atoms with Crippen molar-refractivity contribution in [1.29, 1.82) is 0 Å². The van der Waals surface area contributed by atoms with E-state index in [2.05, 4.69) is 5.16 Å². The molecule has 68 valence electrons. The molecule has 0 bridgehead atoms. The Morgan fingerprint density at radius 3 is 2.92 bits per heavy atom. The molecule has 4 atom stereocenters. The van der Waals surface area contributed by atoms with Gasteiger partial charge in [-0.05, 0) is 13.8 Å². The summed E-state index contributed by atoms with van der Waals surface area (Å²) < 4.78 is 0. The highest BCUT2D eigenvalue weighted by Gasteiger charge is 2.55. The first kappa shape index (κ1) is 8.01. The van der Waals surface area contributed by atoms with Crippen LogP contribution < -0.4 is 0 Å². The third kappa shape index (κ3) is 0.881. The van der Waals surface area contributed by atoms with Crippen LogP contribution >= 0.6 is 0 Å². The molecule has 0 aromatic rings. The number of hydrogen-bond donors (Lipinski definition) is 2. The fraction of sp³-hybridized carbons (Fsp3) is 0.875. The molecular weight excluding hydrogens is 158 g/mol. The zero-order valence-electron chi connectivity index (χ0n) is 7.19. The lowest BCUT2D eigenvalue weighted by Crippen LogP contribution is -2.37. The van der Waals surface area contributed by atoms with Gasteiger partial charge in [-0.3, -0.25) is 0 Å². The van der Waals surface area contributed by atoms with Crippen molar-refractivity contribution >= 4 is 5.71 Å². The Morgan fingerprint density at radius 1 is 1.67 bits per heavy atom. The lowest BCUT2D eigenvalue weighted by molar-refractivity contribution is -0.0738. The average Bonchev–Trinajstić information content (AvgIpc) is 2.38. The number of hydrogen-bond acceptors (Lipinski definition) is 4. The van der Waals surface area contributed by atoms with Crippen molar-refractivity contribution in [2.45, 2.75) is 38.1 Å². The number of aliphatic hydroxyl groups excluding tert-OH is 1. The Balaban J connectivity index is 2.28. The second-order valence-corrected chi connectivity index (χ2v) is 3.91. The van der Waals surface area contributed by atoms with E-state index in [1.165, 1.54) is 0 Å². The van der Waals surface area contributed by atoms with E-state index < -0.39 is 11.7 Å². The smallest absolute Gasteiger partial charge is 0.166 e. The molecule has 0 radical (unpaired) electrons. The maximum atomic E-state index is 9.79. The van der Waals surface area contributed by atoms with E-state index in [9.17, 15) is 10.2 Å². The average molecular weight is 171 g/mol. The van der Waals surface area contributed by atoms with Crippen molar-refractivity contribution in [2.24, 2.45) is 11.1 Å². The van der Waals surface area contributed by atoms with E-state index in [4.69, 9.17) is 4.84 Å². The minimum atomic E-state index is -0.939. The summed E-state index contributed by atoms with van der Waals surface area (Å²) in [4.78, 5) is 5.05. The lowest BCUT2D eigenvalue weighted by Gasteiger charge is -2.21. The van der Waals surface area contributed by atoms with Crippen molar-refractivity contribution in [3.8, 4) is 0 Å². The number of fused-ring (bicyclic) bond motifs is 1. The third-order valence-corrected chi connectivity index (χ3v) is 2.77. The van der Waals surface area contributed by atoms with Crippen molar-refractivity contribution in [1.82, 2.24) is 0 Å².